The highest BCUT2D eigenvalue weighted by Crippen LogP contribution is 2.28. The van der Waals surface area contributed by atoms with Crippen molar-refractivity contribution in [1.29, 1.82) is 0 Å². The van der Waals surface area contributed by atoms with E-state index in [9.17, 15) is 8.42 Å². The molecule has 3 heterocycles. The summed E-state index contributed by atoms with van der Waals surface area (Å²) < 4.78 is 30.5. The molecule has 0 radical (unpaired) electrons. The molecular formula is C17H18IN5O2S. The van der Waals surface area contributed by atoms with Crippen molar-refractivity contribution in [1.82, 2.24) is 23.8 Å². The van der Waals surface area contributed by atoms with Gasteiger partial charge in [-0.3, -0.25) is 0 Å². The monoisotopic (exact) mass is 483 g/mol. The van der Waals surface area contributed by atoms with Crippen LogP contribution in [-0.2, 0) is 16.6 Å². The SMILES string of the molecule is Cc1ccc(S(=O)(=O)N2CCC[C@H]2Cn2cnc3c(I)ncnc32)cc1. The van der Waals surface area contributed by atoms with Crippen molar-refractivity contribution in [2.45, 2.75) is 37.2 Å². The molecule has 1 saturated heterocycles. The summed E-state index contributed by atoms with van der Waals surface area (Å²) in [7, 11) is -3.50. The van der Waals surface area contributed by atoms with Gasteiger partial charge in [-0.25, -0.2) is 23.4 Å². The first-order valence-electron chi connectivity index (χ1n) is 8.36. The Morgan fingerprint density at radius 3 is 2.73 bits per heavy atom. The molecule has 0 aliphatic carbocycles. The van der Waals surface area contributed by atoms with Gasteiger partial charge in [0.15, 0.2) is 5.65 Å². The minimum absolute atomic E-state index is 0.105. The van der Waals surface area contributed by atoms with Gasteiger partial charge in [-0.15, -0.1) is 0 Å². The van der Waals surface area contributed by atoms with Gasteiger partial charge in [0.2, 0.25) is 10.0 Å². The first-order valence-corrected chi connectivity index (χ1v) is 10.9. The molecule has 1 aliphatic rings. The zero-order valence-electron chi connectivity index (χ0n) is 14.2. The summed E-state index contributed by atoms with van der Waals surface area (Å²) in [5.74, 6) is 0. The number of fused-ring (bicyclic) bond motifs is 1. The van der Waals surface area contributed by atoms with Crippen LogP contribution in [0.5, 0.6) is 0 Å². The molecule has 26 heavy (non-hydrogen) atoms. The van der Waals surface area contributed by atoms with Crippen molar-refractivity contribution in [2.24, 2.45) is 0 Å². The predicted molar refractivity (Wildman–Crippen MR) is 106 cm³/mol. The minimum Gasteiger partial charge on any atom is -0.314 e. The molecule has 1 aromatic carbocycles. The van der Waals surface area contributed by atoms with E-state index in [0.717, 1.165) is 33.3 Å². The van der Waals surface area contributed by atoms with Crippen LogP contribution in [0.25, 0.3) is 11.2 Å². The van der Waals surface area contributed by atoms with Crippen molar-refractivity contribution < 1.29 is 8.42 Å². The Morgan fingerprint density at radius 2 is 1.96 bits per heavy atom. The average Bonchev–Trinajstić information content (AvgIpc) is 3.24. The molecule has 1 aliphatic heterocycles. The number of halogens is 1. The normalized spacial score (nSPS) is 18.6. The summed E-state index contributed by atoms with van der Waals surface area (Å²) in [6.45, 7) is 3.02. The first kappa shape index (κ1) is 17.8. The van der Waals surface area contributed by atoms with E-state index >= 15 is 0 Å². The number of hydrogen-bond donors (Lipinski definition) is 0. The third-order valence-corrected chi connectivity index (χ3v) is 7.47. The Labute approximate surface area is 165 Å². The van der Waals surface area contributed by atoms with Crippen molar-refractivity contribution >= 4 is 43.8 Å². The van der Waals surface area contributed by atoms with Crippen LogP contribution in [0.2, 0.25) is 0 Å². The van der Waals surface area contributed by atoms with E-state index in [-0.39, 0.29) is 6.04 Å². The van der Waals surface area contributed by atoms with Gasteiger partial charge in [0, 0.05) is 19.1 Å². The molecule has 2 aromatic heterocycles. The second kappa shape index (κ2) is 6.86. The molecule has 0 amide bonds. The highest BCUT2D eigenvalue weighted by atomic mass is 127. The van der Waals surface area contributed by atoms with Gasteiger partial charge in [0.05, 0.1) is 11.2 Å². The summed E-state index contributed by atoms with van der Waals surface area (Å²) in [4.78, 5) is 13.2. The van der Waals surface area contributed by atoms with Gasteiger partial charge in [-0.2, -0.15) is 4.31 Å². The zero-order valence-corrected chi connectivity index (χ0v) is 17.2. The van der Waals surface area contributed by atoms with Crippen molar-refractivity contribution in [2.75, 3.05) is 6.54 Å². The summed E-state index contributed by atoms with van der Waals surface area (Å²) >= 11 is 2.13. The van der Waals surface area contributed by atoms with Crippen LogP contribution in [-0.4, -0.2) is 44.8 Å². The summed E-state index contributed by atoms with van der Waals surface area (Å²) in [6, 6.07) is 6.93. The third-order valence-electron chi connectivity index (χ3n) is 4.71. The largest absolute Gasteiger partial charge is 0.314 e. The van der Waals surface area contributed by atoms with Crippen molar-refractivity contribution in [3.8, 4) is 0 Å². The minimum atomic E-state index is -3.50. The lowest BCUT2D eigenvalue weighted by atomic mass is 10.2. The van der Waals surface area contributed by atoms with Gasteiger partial charge < -0.3 is 4.57 Å². The second-order valence-electron chi connectivity index (χ2n) is 6.46. The molecule has 0 spiro atoms. The Kier molecular flexibility index (Phi) is 4.70. The number of imidazole rings is 1. The molecule has 1 fully saturated rings. The van der Waals surface area contributed by atoms with E-state index in [2.05, 4.69) is 37.5 Å². The number of nitrogens with zero attached hydrogens (tertiary/aromatic N) is 5. The average molecular weight is 483 g/mol. The highest BCUT2D eigenvalue weighted by Gasteiger charge is 2.35. The summed E-state index contributed by atoms with van der Waals surface area (Å²) in [5.41, 5.74) is 2.53. The van der Waals surface area contributed by atoms with Crippen LogP contribution in [0.3, 0.4) is 0 Å². The predicted octanol–water partition coefficient (Wildman–Crippen LogP) is 2.59. The lowest BCUT2D eigenvalue weighted by molar-refractivity contribution is 0.354. The fourth-order valence-corrected chi connectivity index (χ4v) is 5.56. The molecule has 4 rings (SSSR count). The molecule has 0 bridgehead atoms. The number of rotatable bonds is 4. The summed E-state index contributed by atoms with van der Waals surface area (Å²) in [5, 5.41) is 0. The molecule has 0 unspecified atom stereocenters. The molecule has 3 aromatic rings. The molecule has 0 N–H and O–H groups in total. The molecule has 0 saturated carbocycles. The fourth-order valence-electron chi connectivity index (χ4n) is 3.37. The van der Waals surface area contributed by atoms with E-state index < -0.39 is 10.0 Å². The van der Waals surface area contributed by atoms with E-state index in [4.69, 9.17) is 0 Å². The smallest absolute Gasteiger partial charge is 0.243 e. The molecule has 9 heteroatoms. The molecule has 136 valence electrons. The maximum absolute atomic E-state index is 13.1. The Bertz CT molecular complexity index is 1050. The van der Waals surface area contributed by atoms with Crippen LogP contribution in [0, 0.1) is 10.6 Å². The number of aryl methyl sites for hydroxylation is 1. The molecule has 1 atom stereocenters. The lowest BCUT2D eigenvalue weighted by Gasteiger charge is -2.24. The third kappa shape index (κ3) is 3.12. The quantitative estimate of drug-likeness (QED) is 0.421. The second-order valence-corrected chi connectivity index (χ2v) is 9.37. The zero-order chi connectivity index (χ0) is 18.3. The van der Waals surface area contributed by atoms with Crippen molar-refractivity contribution in [3.63, 3.8) is 0 Å². The number of hydrogen-bond acceptors (Lipinski definition) is 5. The van der Waals surface area contributed by atoms with Gasteiger partial charge >= 0.3 is 0 Å². The Balaban J connectivity index is 1.64. The maximum Gasteiger partial charge on any atom is 0.243 e. The number of sulfonamides is 1. The van der Waals surface area contributed by atoms with Gasteiger partial charge in [0.1, 0.15) is 15.5 Å². The Hall–Kier alpha value is -1.59. The lowest BCUT2D eigenvalue weighted by Crippen LogP contribution is -2.38. The van der Waals surface area contributed by atoms with E-state index in [1.807, 2.05) is 23.6 Å². The van der Waals surface area contributed by atoms with Crippen LogP contribution >= 0.6 is 22.6 Å². The first-order chi connectivity index (χ1) is 12.5. The Morgan fingerprint density at radius 1 is 1.19 bits per heavy atom. The molecular weight excluding hydrogens is 465 g/mol. The topological polar surface area (TPSA) is 81.0 Å². The number of aromatic nitrogens is 4. The fraction of sp³-hybridized carbons (Fsp3) is 0.353. The summed E-state index contributed by atoms with van der Waals surface area (Å²) in [6.07, 6.45) is 4.91. The van der Waals surface area contributed by atoms with E-state index in [1.165, 1.54) is 6.33 Å². The molecule has 7 nitrogen and oxygen atoms in total. The van der Waals surface area contributed by atoms with Gasteiger partial charge in [-0.1, -0.05) is 17.7 Å². The standard InChI is InChI=1S/C17H18IN5O2S/c1-12-4-6-14(7-5-12)26(24,25)23-8-2-3-13(23)9-22-11-21-15-16(18)19-10-20-17(15)22/h4-7,10-11,13H,2-3,8-9H2,1H3/t13-/m0/s1. The van der Waals surface area contributed by atoms with Crippen LogP contribution < -0.4 is 0 Å². The highest BCUT2D eigenvalue weighted by molar-refractivity contribution is 14.1. The van der Waals surface area contributed by atoms with E-state index in [0.29, 0.717) is 18.0 Å². The van der Waals surface area contributed by atoms with Crippen LogP contribution in [0.4, 0.5) is 0 Å². The maximum atomic E-state index is 13.1. The van der Waals surface area contributed by atoms with E-state index in [1.54, 1.807) is 22.8 Å². The van der Waals surface area contributed by atoms with Crippen LogP contribution in [0.1, 0.15) is 18.4 Å². The van der Waals surface area contributed by atoms with Crippen molar-refractivity contribution in [3.05, 3.63) is 46.2 Å². The van der Waals surface area contributed by atoms with Gasteiger partial charge in [-0.05, 0) is 54.5 Å². The van der Waals surface area contributed by atoms with Crippen LogP contribution in [0.15, 0.2) is 41.8 Å². The number of benzene rings is 1. The van der Waals surface area contributed by atoms with Gasteiger partial charge in [0.25, 0.3) is 0 Å².